The number of likely N-dealkylation sites (tertiary alicyclic amines) is 1. The first-order valence-electron chi connectivity index (χ1n) is 5.66. The van der Waals surface area contributed by atoms with E-state index in [4.69, 9.17) is 9.84 Å². The molecule has 0 radical (unpaired) electrons. The summed E-state index contributed by atoms with van der Waals surface area (Å²) in [5.74, 6) is -1.14. The highest BCUT2D eigenvalue weighted by molar-refractivity contribution is 5.84. The number of aliphatic carboxylic acids is 1. The van der Waals surface area contributed by atoms with E-state index in [-0.39, 0.29) is 18.6 Å². The molecule has 1 atom stereocenters. The summed E-state index contributed by atoms with van der Waals surface area (Å²) in [6.07, 6.45) is 2.27. The number of carbonyl (C=O) groups excluding carboxylic acids is 1. The van der Waals surface area contributed by atoms with Gasteiger partial charge >= 0.3 is 5.97 Å². The van der Waals surface area contributed by atoms with Gasteiger partial charge in [0.1, 0.15) is 12.6 Å². The molecule has 0 aromatic heterocycles. The summed E-state index contributed by atoms with van der Waals surface area (Å²) in [4.78, 5) is 24.2. The Morgan fingerprint density at radius 2 is 2.12 bits per heavy atom. The van der Waals surface area contributed by atoms with Gasteiger partial charge in [0.2, 0.25) is 5.91 Å². The van der Waals surface area contributed by atoms with E-state index in [1.807, 2.05) is 13.8 Å². The SMILES string of the molecule is CC(C)OCC(=O)N1CCCC[C@H]1C(=O)O. The summed E-state index contributed by atoms with van der Waals surface area (Å²) < 4.78 is 5.20. The summed E-state index contributed by atoms with van der Waals surface area (Å²) in [6, 6.07) is -0.669. The predicted octanol–water partition coefficient (Wildman–Crippen LogP) is 0.877. The molecule has 0 spiro atoms. The van der Waals surface area contributed by atoms with Gasteiger partial charge in [0.15, 0.2) is 0 Å². The number of hydrogen-bond donors (Lipinski definition) is 1. The Morgan fingerprint density at radius 3 is 2.69 bits per heavy atom. The quantitative estimate of drug-likeness (QED) is 0.777. The molecule has 0 bridgehead atoms. The van der Waals surface area contributed by atoms with Crippen LogP contribution in [0.3, 0.4) is 0 Å². The van der Waals surface area contributed by atoms with Crippen LogP contribution in [0.1, 0.15) is 33.1 Å². The largest absolute Gasteiger partial charge is 0.480 e. The van der Waals surface area contributed by atoms with Crippen LogP contribution in [0.25, 0.3) is 0 Å². The van der Waals surface area contributed by atoms with Crippen LogP contribution in [-0.4, -0.2) is 47.2 Å². The third-order valence-electron chi connectivity index (χ3n) is 2.65. The number of carboxylic acid groups (broad SMARTS) is 1. The summed E-state index contributed by atoms with van der Waals surface area (Å²) in [5, 5.41) is 9.00. The Labute approximate surface area is 95.4 Å². The highest BCUT2D eigenvalue weighted by Gasteiger charge is 2.31. The summed E-state index contributed by atoms with van der Waals surface area (Å²) in [5.41, 5.74) is 0. The lowest BCUT2D eigenvalue weighted by molar-refractivity contribution is -0.154. The van der Waals surface area contributed by atoms with Gasteiger partial charge in [-0.05, 0) is 33.1 Å². The number of carbonyl (C=O) groups is 2. The topological polar surface area (TPSA) is 66.8 Å². The second kappa shape index (κ2) is 5.84. The number of hydrogen-bond acceptors (Lipinski definition) is 3. The second-order valence-corrected chi connectivity index (χ2v) is 4.30. The Hall–Kier alpha value is -1.10. The molecule has 0 aromatic carbocycles. The fourth-order valence-corrected chi connectivity index (χ4v) is 1.81. The zero-order valence-corrected chi connectivity index (χ0v) is 9.81. The highest BCUT2D eigenvalue weighted by atomic mass is 16.5. The molecule has 0 aliphatic carbocycles. The van der Waals surface area contributed by atoms with Crippen LogP contribution in [-0.2, 0) is 14.3 Å². The van der Waals surface area contributed by atoms with Gasteiger partial charge in [0.25, 0.3) is 0 Å². The van der Waals surface area contributed by atoms with Gasteiger partial charge in [-0.15, -0.1) is 0 Å². The van der Waals surface area contributed by atoms with Crippen LogP contribution in [0.4, 0.5) is 0 Å². The monoisotopic (exact) mass is 229 g/mol. The van der Waals surface area contributed by atoms with Crippen molar-refractivity contribution in [2.75, 3.05) is 13.2 Å². The van der Waals surface area contributed by atoms with Crippen LogP contribution in [0.15, 0.2) is 0 Å². The molecule has 1 N–H and O–H groups in total. The molecule has 1 heterocycles. The molecule has 1 amide bonds. The maximum atomic E-state index is 11.8. The van der Waals surface area contributed by atoms with Crippen molar-refractivity contribution in [1.82, 2.24) is 4.90 Å². The molecule has 1 aliphatic rings. The zero-order chi connectivity index (χ0) is 12.1. The third kappa shape index (κ3) is 3.48. The van der Waals surface area contributed by atoms with E-state index in [2.05, 4.69) is 0 Å². The van der Waals surface area contributed by atoms with E-state index in [1.165, 1.54) is 4.90 Å². The molecule has 16 heavy (non-hydrogen) atoms. The third-order valence-corrected chi connectivity index (χ3v) is 2.65. The summed E-state index contributed by atoms with van der Waals surface area (Å²) in [7, 11) is 0. The first-order valence-corrected chi connectivity index (χ1v) is 5.66. The van der Waals surface area contributed by atoms with Crippen molar-refractivity contribution >= 4 is 11.9 Å². The van der Waals surface area contributed by atoms with E-state index in [0.29, 0.717) is 13.0 Å². The van der Waals surface area contributed by atoms with Crippen LogP contribution in [0, 0.1) is 0 Å². The van der Waals surface area contributed by atoms with Crippen LogP contribution < -0.4 is 0 Å². The molecule has 1 saturated heterocycles. The molecular formula is C11H19NO4. The Balaban J connectivity index is 2.54. The molecule has 1 rings (SSSR count). The molecule has 5 heteroatoms. The summed E-state index contributed by atoms with van der Waals surface area (Å²) in [6.45, 7) is 4.19. The van der Waals surface area contributed by atoms with Crippen LogP contribution in [0.5, 0.6) is 0 Å². The predicted molar refractivity (Wildman–Crippen MR) is 58.1 cm³/mol. The van der Waals surface area contributed by atoms with Gasteiger partial charge in [-0.3, -0.25) is 4.79 Å². The highest BCUT2D eigenvalue weighted by Crippen LogP contribution is 2.17. The molecule has 92 valence electrons. The summed E-state index contributed by atoms with van der Waals surface area (Å²) >= 11 is 0. The van der Waals surface area contributed by atoms with Crippen molar-refractivity contribution < 1.29 is 19.4 Å². The molecule has 0 aromatic rings. The lowest BCUT2D eigenvalue weighted by Gasteiger charge is -2.33. The van der Waals surface area contributed by atoms with Gasteiger partial charge in [-0.1, -0.05) is 0 Å². The average Bonchev–Trinajstić information content (AvgIpc) is 2.25. The first-order chi connectivity index (χ1) is 7.52. The molecular weight excluding hydrogens is 210 g/mol. The van der Waals surface area contributed by atoms with Gasteiger partial charge < -0.3 is 14.7 Å². The fourth-order valence-electron chi connectivity index (χ4n) is 1.81. The van der Waals surface area contributed by atoms with Gasteiger partial charge in [-0.25, -0.2) is 4.79 Å². The Kier molecular flexibility index (Phi) is 4.73. The van der Waals surface area contributed by atoms with Gasteiger partial charge in [0, 0.05) is 6.54 Å². The molecule has 0 unspecified atom stereocenters. The van der Waals surface area contributed by atoms with E-state index in [1.54, 1.807) is 0 Å². The van der Waals surface area contributed by atoms with Crippen molar-refractivity contribution in [3.05, 3.63) is 0 Å². The number of ether oxygens (including phenoxy) is 1. The van der Waals surface area contributed by atoms with Crippen molar-refractivity contribution in [2.45, 2.75) is 45.3 Å². The number of piperidine rings is 1. The van der Waals surface area contributed by atoms with Crippen molar-refractivity contribution in [3.8, 4) is 0 Å². The second-order valence-electron chi connectivity index (χ2n) is 4.30. The zero-order valence-electron chi connectivity index (χ0n) is 9.81. The lowest BCUT2D eigenvalue weighted by atomic mass is 10.0. The van der Waals surface area contributed by atoms with E-state index < -0.39 is 12.0 Å². The Bertz CT molecular complexity index is 265. The minimum atomic E-state index is -0.919. The smallest absolute Gasteiger partial charge is 0.326 e. The minimum absolute atomic E-state index is 0.0166. The van der Waals surface area contributed by atoms with Gasteiger partial charge in [-0.2, -0.15) is 0 Å². The number of nitrogens with zero attached hydrogens (tertiary/aromatic N) is 1. The number of carboxylic acids is 1. The average molecular weight is 229 g/mol. The lowest BCUT2D eigenvalue weighted by Crippen LogP contribution is -2.49. The minimum Gasteiger partial charge on any atom is -0.480 e. The van der Waals surface area contributed by atoms with Crippen molar-refractivity contribution in [3.63, 3.8) is 0 Å². The maximum absolute atomic E-state index is 11.8. The number of amides is 1. The van der Waals surface area contributed by atoms with Crippen LogP contribution in [0.2, 0.25) is 0 Å². The normalized spacial score (nSPS) is 21.2. The molecule has 5 nitrogen and oxygen atoms in total. The fraction of sp³-hybridized carbons (Fsp3) is 0.818. The van der Waals surface area contributed by atoms with Crippen LogP contribution >= 0.6 is 0 Å². The van der Waals surface area contributed by atoms with E-state index >= 15 is 0 Å². The van der Waals surface area contributed by atoms with E-state index in [0.717, 1.165) is 12.8 Å². The Morgan fingerprint density at radius 1 is 1.44 bits per heavy atom. The molecule has 0 saturated carbocycles. The first kappa shape index (κ1) is 13.0. The molecule has 1 fully saturated rings. The maximum Gasteiger partial charge on any atom is 0.326 e. The van der Waals surface area contributed by atoms with E-state index in [9.17, 15) is 9.59 Å². The molecule has 1 aliphatic heterocycles. The van der Waals surface area contributed by atoms with Gasteiger partial charge in [0.05, 0.1) is 6.10 Å². The van der Waals surface area contributed by atoms with Crippen molar-refractivity contribution in [1.29, 1.82) is 0 Å². The van der Waals surface area contributed by atoms with Crippen molar-refractivity contribution in [2.24, 2.45) is 0 Å². The standard InChI is InChI=1S/C11H19NO4/c1-8(2)16-7-10(13)12-6-4-3-5-9(12)11(14)15/h8-9H,3-7H2,1-2H3,(H,14,15)/t9-/m0/s1. The number of rotatable bonds is 4.